The summed E-state index contributed by atoms with van der Waals surface area (Å²) in [6.07, 6.45) is 0. The number of hydrogen-bond donors (Lipinski definition) is 2. The van der Waals surface area contributed by atoms with Crippen LogP contribution in [0, 0.1) is 0 Å². The summed E-state index contributed by atoms with van der Waals surface area (Å²) < 4.78 is 1.05. The maximum Gasteiger partial charge on any atom is 0.222 e. The van der Waals surface area contributed by atoms with Crippen LogP contribution in [0.5, 0.6) is 0 Å². The van der Waals surface area contributed by atoms with E-state index >= 15 is 0 Å². The number of benzene rings is 1. The summed E-state index contributed by atoms with van der Waals surface area (Å²) in [5, 5.41) is 0. The van der Waals surface area contributed by atoms with Crippen molar-refractivity contribution in [2.45, 2.75) is 6.54 Å². The minimum Gasteiger partial charge on any atom is -0.382 e. The van der Waals surface area contributed by atoms with Gasteiger partial charge in [-0.25, -0.2) is 9.97 Å². The smallest absolute Gasteiger partial charge is 0.222 e. The van der Waals surface area contributed by atoms with Gasteiger partial charge in [-0.05, 0) is 29.8 Å². The summed E-state index contributed by atoms with van der Waals surface area (Å²) in [4.78, 5) is 14.7. The van der Waals surface area contributed by atoms with Crippen LogP contribution < -0.4 is 16.4 Å². The molecular weight excluding hydrogens is 344 g/mol. The molecule has 3 rings (SSSR count). The Bertz CT molecular complexity index is 835. The van der Waals surface area contributed by atoms with E-state index in [9.17, 15) is 0 Å². The van der Waals surface area contributed by atoms with Gasteiger partial charge in [0.15, 0.2) is 5.82 Å². The highest BCUT2D eigenvalue weighted by atomic mass is 79.9. The molecule has 3 aromatic rings. The van der Waals surface area contributed by atoms with Gasteiger partial charge in [-0.1, -0.05) is 28.1 Å². The highest BCUT2D eigenvalue weighted by Crippen LogP contribution is 2.22. The predicted molar refractivity (Wildman–Crippen MR) is 92.4 cm³/mol. The molecule has 0 bridgehead atoms. The van der Waals surface area contributed by atoms with Crippen LogP contribution in [0.25, 0.3) is 11.0 Å². The van der Waals surface area contributed by atoms with E-state index < -0.39 is 0 Å². The van der Waals surface area contributed by atoms with Crippen molar-refractivity contribution in [3.05, 3.63) is 46.4 Å². The van der Waals surface area contributed by atoms with E-state index in [0.29, 0.717) is 16.9 Å². The second kappa shape index (κ2) is 5.76. The molecule has 0 aliphatic carbocycles. The molecule has 112 valence electrons. The summed E-state index contributed by atoms with van der Waals surface area (Å²) in [5.41, 5.74) is 13.9. The normalized spacial score (nSPS) is 10.8. The van der Waals surface area contributed by atoms with Crippen molar-refractivity contribution in [3.8, 4) is 0 Å². The van der Waals surface area contributed by atoms with Crippen LogP contribution in [0.1, 0.15) is 5.56 Å². The van der Waals surface area contributed by atoms with Gasteiger partial charge in [-0.3, -0.25) is 0 Å². The third kappa shape index (κ3) is 2.94. The van der Waals surface area contributed by atoms with Gasteiger partial charge in [0.1, 0.15) is 11.3 Å². The fourth-order valence-electron chi connectivity index (χ4n) is 2.25. The molecule has 0 amide bonds. The number of nitrogen functional groups attached to an aromatic ring is 2. The minimum atomic E-state index is 0.155. The second-order valence-corrected chi connectivity index (χ2v) is 5.91. The maximum atomic E-state index is 5.88. The van der Waals surface area contributed by atoms with Gasteiger partial charge in [0.2, 0.25) is 5.95 Å². The lowest BCUT2D eigenvalue weighted by molar-refractivity contribution is 0.901. The average Bonchev–Trinajstić information content (AvgIpc) is 2.46. The van der Waals surface area contributed by atoms with Crippen LogP contribution in [0.15, 0.2) is 40.9 Å². The lowest BCUT2D eigenvalue weighted by atomic mass is 10.2. The Labute approximate surface area is 136 Å². The highest BCUT2D eigenvalue weighted by molar-refractivity contribution is 9.10. The molecule has 7 heteroatoms. The Morgan fingerprint density at radius 1 is 1.09 bits per heavy atom. The van der Waals surface area contributed by atoms with Crippen LogP contribution in [-0.2, 0) is 6.54 Å². The summed E-state index contributed by atoms with van der Waals surface area (Å²) in [5.74, 6) is 1.25. The van der Waals surface area contributed by atoms with E-state index in [0.717, 1.165) is 16.8 Å². The Morgan fingerprint density at radius 3 is 2.68 bits per heavy atom. The molecule has 0 unspecified atom stereocenters. The van der Waals surface area contributed by atoms with Crippen molar-refractivity contribution in [1.29, 1.82) is 0 Å². The van der Waals surface area contributed by atoms with Crippen LogP contribution in [0.2, 0.25) is 0 Å². The van der Waals surface area contributed by atoms with E-state index in [1.807, 2.05) is 36.2 Å². The van der Waals surface area contributed by atoms with E-state index in [-0.39, 0.29) is 5.95 Å². The molecule has 0 saturated carbocycles. The first-order valence-corrected chi connectivity index (χ1v) is 7.47. The zero-order valence-electron chi connectivity index (χ0n) is 12.0. The fourth-order valence-corrected chi connectivity index (χ4v) is 2.69. The van der Waals surface area contributed by atoms with Crippen LogP contribution in [0.4, 0.5) is 17.6 Å². The SMILES string of the molecule is CN(Cc1cccc(Br)c1)c1ccc2nc(N)nc(N)c2n1. The fraction of sp³-hybridized carbons (Fsp3) is 0.133. The third-order valence-electron chi connectivity index (χ3n) is 3.27. The first-order valence-electron chi connectivity index (χ1n) is 6.68. The van der Waals surface area contributed by atoms with Crippen molar-refractivity contribution >= 4 is 44.5 Å². The number of halogens is 1. The van der Waals surface area contributed by atoms with Crippen molar-refractivity contribution < 1.29 is 0 Å². The molecule has 2 heterocycles. The monoisotopic (exact) mass is 358 g/mol. The van der Waals surface area contributed by atoms with Gasteiger partial charge in [-0.15, -0.1) is 0 Å². The number of hydrogen-bond acceptors (Lipinski definition) is 6. The van der Waals surface area contributed by atoms with E-state index in [4.69, 9.17) is 11.5 Å². The van der Waals surface area contributed by atoms with Gasteiger partial charge < -0.3 is 16.4 Å². The van der Waals surface area contributed by atoms with Crippen molar-refractivity contribution in [2.75, 3.05) is 23.4 Å². The number of anilines is 3. The summed E-state index contributed by atoms with van der Waals surface area (Å²) in [6.45, 7) is 0.730. The molecule has 0 radical (unpaired) electrons. The number of nitrogens with zero attached hydrogens (tertiary/aromatic N) is 4. The van der Waals surface area contributed by atoms with Gasteiger partial charge in [0.25, 0.3) is 0 Å². The Morgan fingerprint density at radius 2 is 1.91 bits per heavy atom. The first-order chi connectivity index (χ1) is 10.5. The molecule has 0 saturated heterocycles. The lowest BCUT2D eigenvalue weighted by Gasteiger charge is -2.19. The van der Waals surface area contributed by atoms with Crippen molar-refractivity contribution in [3.63, 3.8) is 0 Å². The molecule has 1 aromatic carbocycles. The highest BCUT2D eigenvalue weighted by Gasteiger charge is 2.09. The topological polar surface area (TPSA) is 94.0 Å². The van der Waals surface area contributed by atoms with Gasteiger partial charge >= 0.3 is 0 Å². The summed E-state index contributed by atoms with van der Waals surface area (Å²) >= 11 is 3.48. The Kier molecular flexibility index (Phi) is 3.81. The van der Waals surface area contributed by atoms with E-state index in [1.165, 1.54) is 5.56 Å². The number of pyridine rings is 1. The van der Waals surface area contributed by atoms with Crippen LogP contribution >= 0.6 is 15.9 Å². The maximum absolute atomic E-state index is 5.88. The zero-order chi connectivity index (χ0) is 15.7. The largest absolute Gasteiger partial charge is 0.382 e. The Hall–Kier alpha value is -2.41. The lowest BCUT2D eigenvalue weighted by Crippen LogP contribution is -2.18. The molecule has 0 aliphatic rings. The molecular formula is C15H15BrN6. The molecule has 0 fully saturated rings. The first kappa shape index (κ1) is 14.5. The van der Waals surface area contributed by atoms with E-state index in [1.54, 1.807) is 0 Å². The molecule has 0 aliphatic heterocycles. The standard InChI is InChI=1S/C15H15BrN6/c1-22(8-9-3-2-4-10(16)7-9)12-6-5-11-13(20-12)14(17)21-15(18)19-11/h2-7H,8H2,1H3,(H4,17,18,19,21). The molecule has 22 heavy (non-hydrogen) atoms. The van der Waals surface area contributed by atoms with Gasteiger partial charge in [-0.2, -0.15) is 4.98 Å². The number of aromatic nitrogens is 3. The summed E-state index contributed by atoms with van der Waals surface area (Å²) in [7, 11) is 1.98. The average molecular weight is 359 g/mol. The van der Waals surface area contributed by atoms with E-state index in [2.05, 4.69) is 43.0 Å². The zero-order valence-corrected chi connectivity index (χ0v) is 13.6. The van der Waals surface area contributed by atoms with Gasteiger partial charge in [0, 0.05) is 18.1 Å². The minimum absolute atomic E-state index is 0.155. The van der Waals surface area contributed by atoms with Crippen LogP contribution in [-0.4, -0.2) is 22.0 Å². The molecule has 4 N–H and O–H groups in total. The number of rotatable bonds is 3. The molecule has 2 aromatic heterocycles. The van der Waals surface area contributed by atoms with Crippen molar-refractivity contribution in [1.82, 2.24) is 15.0 Å². The second-order valence-electron chi connectivity index (χ2n) is 4.99. The quantitative estimate of drug-likeness (QED) is 0.747. The van der Waals surface area contributed by atoms with Gasteiger partial charge in [0.05, 0.1) is 5.52 Å². The third-order valence-corrected chi connectivity index (χ3v) is 3.76. The number of nitrogens with two attached hydrogens (primary N) is 2. The molecule has 0 spiro atoms. The Balaban J connectivity index is 1.92. The number of fused-ring (bicyclic) bond motifs is 1. The summed E-state index contributed by atoms with van der Waals surface area (Å²) in [6, 6.07) is 11.9. The molecule has 0 atom stereocenters. The molecule has 6 nitrogen and oxygen atoms in total. The van der Waals surface area contributed by atoms with Crippen LogP contribution in [0.3, 0.4) is 0 Å². The van der Waals surface area contributed by atoms with Crippen molar-refractivity contribution in [2.24, 2.45) is 0 Å². The predicted octanol–water partition coefficient (Wildman–Crippen LogP) is 2.59.